The molecule has 2 atom stereocenters. The Kier molecular flexibility index (Phi) is 3.19. The Morgan fingerprint density at radius 3 is 2.62 bits per heavy atom. The van der Waals surface area contributed by atoms with Crippen LogP contribution in [0.5, 0.6) is 11.5 Å². The number of ketones is 1. The molecule has 0 fully saturated rings. The molecule has 1 heterocycles. The first-order valence-corrected chi connectivity index (χ1v) is 7.97. The molecule has 0 saturated carbocycles. The molecule has 26 heavy (non-hydrogen) atoms. The third kappa shape index (κ3) is 1.82. The highest BCUT2D eigenvalue weighted by Crippen LogP contribution is 2.60. The van der Waals surface area contributed by atoms with Crippen LogP contribution in [-0.4, -0.2) is 27.0 Å². The molecule has 2 aromatic carbocycles. The summed E-state index contributed by atoms with van der Waals surface area (Å²) in [5, 5.41) is 33.6. The van der Waals surface area contributed by atoms with Gasteiger partial charge in [-0.2, -0.15) is 0 Å². The molecule has 0 spiro atoms. The average Bonchev–Trinajstić information content (AvgIpc) is 2.90. The van der Waals surface area contributed by atoms with Crippen molar-refractivity contribution in [3.8, 4) is 11.5 Å². The number of benzene rings is 2. The van der Waals surface area contributed by atoms with Crippen molar-refractivity contribution >= 4 is 11.5 Å². The van der Waals surface area contributed by atoms with Crippen LogP contribution in [0.1, 0.15) is 35.3 Å². The molecule has 0 radical (unpaired) electrons. The van der Waals surface area contributed by atoms with Crippen LogP contribution < -0.4 is 9.47 Å². The molecule has 4 rings (SSSR count). The highest BCUT2D eigenvalue weighted by Gasteiger charge is 2.72. The normalized spacial score (nSPS) is 25.5. The third-order valence-electron chi connectivity index (χ3n) is 4.61. The van der Waals surface area contributed by atoms with Gasteiger partial charge in [-0.3, -0.25) is 14.9 Å². The maximum Gasteiger partial charge on any atom is 0.283 e. The van der Waals surface area contributed by atoms with Gasteiger partial charge in [0.25, 0.3) is 11.5 Å². The SMILES string of the molecule is CC(C)Oc1ccc2c(c1)OC1(O)c3c(cccc3[N+](=O)[O-])C(=O)C21O. The number of Topliss-reactive ketones (excluding diaryl/α,β-unsaturated/α-hetero) is 1. The Bertz CT molecular complexity index is 970. The summed E-state index contributed by atoms with van der Waals surface area (Å²) >= 11 is 0. The van der Waals surface area contributed by atoms with E-state index in [0.29, 0.717) is 5.75 Å². The molecular formula is C18H15NO7. The first-order chi connectivity index (χ1) is 12.2. The number of carbonyl (C=O) groups is 1. The first-order valence-electron chi connectivity index (χ1n) is 7.97. The van der Waals surface area contributed by atoms with Gasteiger partial charge in [0.1, 0.15) is 17.1 Å². The minimum absolute atomic E-state index is 0.0327. The summed E-state index contributed by atoms with van der Waals surface area (Å²) in [6, 6.07) is 8.18. The van der Waals surface area contributed by atoms with Crippen LogP contribution in [0.3, 0.4) is 0 Å². The van der Waals surface area contributed by atoms with Crippen LogP contribution in [0, 0.1) is 10.1 Å². The Labute approximate surface area is 147 Å². The second-order valence-electron chi connectivity index (χ2n) is 6.57. The number of ether oxygens (including phenoxy) is 2. The largest absolute Gasteiger partial charge is 0.491 e. The van der Waals surface area contributed by atoms with Gasteiger partial charge in [0, 0.05) is 23.3 Å². The van der Waals surface area contributed by atoms with E-state index in [1.165, 1.54) is 30.3 Å². The number of aliphatic hydroxyl groups is 2. The summed E-state index contributed by atoms with van der Waals surface area (Å²) in [5.74, 6) is -2.98. The number of hydrogen-bond donors (Lipinski definition) is 2. The Morgan fingerprint density at radius 2 is 1.96 bits per heavy atom. The second kappa shape index (κ2) is 5.03. The van der Waals surface area contributed by atoms with E-state index in [1.54, 1.807) is 0 Å². The molecule has 0 aromatic heterocycles. The van der Waals surface area contributed by atoms with Gasteiger partial charge in [-0.05, 0) is 26.0 Å². The fraction of sp³-hybridized carbons (Fsp3) is 0.278. The van der Waals surface area contributed by atoms with E-state index in [1.807, 2.05) is 13.8 Å². The van der Waals surface area contributed by atoms with E-state index in [4.69, 9.17) is 9.47 Å². The van der Waals surface area contributed by atoms with Crippen molar-refractivity contribution in [3.63, 3.8) is 0 Å². The zero-order valence-corrected chi connectivity index (χ0v) is 13.9. The third-order valence-corrected chi connectivity index (χ3v) is 4.61. The van der Waals surface area contributed by atoms with Crippen LogP contribution in [-0.2, 0) is 11.4 Å². The number of nitrogens with zero attached hydrogens (tertiary/aromatic N) is 1. The Hall–Kier alpha value is -2.97. The van der Waals surface area contributed by atoms with E-state index in [-0.39, 0.29) is 28.5 Å². The molecular weight excluding hydrogens is 342 g/mol. The molecule has 2 aliphatic rings. The zero-order chi connectivity index (χ0) is 18.9. The number of nitro groups is 1. The summed E-state index contributed by atoms with van der Waals surface area (Å²) in [7, 11) is 0. The molecule has 0 bridgehead atoms. The van der Waals surface area contributed by atoms with Crippen molar-refractivity contribution < 1.29 is 29.4 Å². The highest BCUT2D eigenvalue weighted by molar-refractivity contribution is 6.10. The van der Waals surface area contributed by atoms with Crippen LogP contribution in [0.15, 0.2) is 36.4 Å². The lowest BCUT2D eigenvalue weighted by Crippen LogP contribution is -2.48. The average molecular weight is 357 g/mol. The summed E-state index contributed by atoms with van der Waals surface area (Å²) in [6.45, 7) is 3.65. The number of fused-ring (bicyclic) bond motifs is 5. The smallest absolute Gasteiger partial charge is 0.283 e. The van der Waals surface area contributed by atoms with E-state index in [0.717, 1.165) is 6.07 Å². The molecule has 2 aromatic rings. The van der Waals surface area contributed by atoms with Crippen LogP contribution in [0.25, 0.3) is 0 Å². The summed E-state index contributed by atoms with van der Waals surface area (Å²) < 4.78 is 11.1. The molecule has 1 aliphatic heterocycles. The van der Waals surface area contributed by atoms with E-state index < -0.39 is 27.8 Å². The van der Waals surface area contributed by atoms with Crippen molar-refractivity contribution in [1.29, 1.82) is 0 Å². The molecule has 0 saturated heterocycles. The minimum Gasteiger partial charge on any atom is -0.491 e. The molecule has 0 amide bonds. The van der Waals surface area contributed by atoms with Crippen molar-refractivity contribution in [2.24, 2.45) is 0 Å². The number of carbonyl (C=O) groups excluding carboxylic acids is 1. The van der Waals surface area contributed by atoms with Gasteiger partial charge in [0.15, 0.2) is 0 Å². The maximum atomic E-state index is 12.9. The van der Waals surface area contributed by atoms with Crippen molar-refractivity contribution in [2.45, 2.75) is 31.3 Å². The van der Waals surface area contributed by atoms with E-state index in [9.17, 15) is 25.1 Å². The molecule has 8 heteroatoms. The first kappa shape index (κ1) is 16.5. The Balaban J connectivity index is 1.93. The van der Waals surface area contributed by atoms with Gasteiger partial charge in [-0.1, -0.05) is 12.1 Å². The van der Waals surface area contributed by atoms with Crippen LogP contribution >= 0.6 is 0 Å². The molecule has 1 aliphatic carbocycles. The predicted octanol–water partition coefficient (Wildman–Crippen LogP) is 2.00. The van der Waals surface area contributed by atoms with E-state index >= 15 is 0 Å². The molecule has 2 N–H and O–H groups in total. The van der Waals surface area contributed by atoms with Crippen LogP contribution in [0.4, 0.5) is 5.69 Å². The van der Waals surface area contributed by atoms with Gasteiger partial charge >= 0.3 is 0 Å². The summed E-state index contributed by atoms with van der Waals surface area (Å²) in [6.07, 6.45) is -0.122. The maximum absolute atomic E-state index is 12.9. The fourth-order valence-electron chi connectivity index (χ4n) is 3.59. The van der Waals surface area contributed by atoms with Gasteiger partial charge in [0.2, 0.25) is 11.4 Å². The number of rotatable bonds is 3. The summed E-state index contributed by atoms with van der Waals surface area (Å²) in [4.78, 5) is 23.5. The molecule has 134 valence electrons. The Morgan fingerprint density at radius 1 is 1.23 bits per heavy atom. The topological polar surface area (TPSA) is 119 Å². The summed E-state index contributed by atoms with van der Waals surface area (Å²) in [5.41, 5.74) is -3.42. The second-order valence-corrected chi connectivity index (χ2v) is 6.57. The van der Waals surface area contributed by atoms with Gasteiger partial charge in [0.05, 0.1) is 11.0 Å². The molecule has 8 nitrogen and oxygen atoms in total. The van der Waals surface area contributed by atoms with Gasteiger partial charge in [-0.15, -0.1) is 0 Å². The quantitative estimate of drug-likeness (QED) is 0.637. The fourth-order valence-corrected chi connectivity index (χ4v) is 3.59. The highest BCUT2D eigenvalue weighted by atomic mass is 16.7. The zero-order valence-electron chi connectivity index (χ0n) is 13.9. The van der Waals surface area contributed by atoms with E-state index in [2.05, 4.69) is 0 Å². The van der Waals surface area contributed by atoms with Crippen molar-refractivity contribution in [2.75, 3.05) is 0 Å². The van der Waals surface area contributed by atoms with Crippen molar-refractivity contribution in [3.05, 3.63) is 63.2 Å². The lowest BCUT2D eigenvalue weighted by Gasteiger charge is -2.28. The standard InChI is InChI=1S/C18H15NO7/c1-9(2)25-10-6-7-12-14(8-10)26-18(22)15-11(16(20)17(12,18)21)4-3-5-13(15)19(23)24/h3-9,21-22H,1-2H3. The number of nitro benzene ring substituents is 1. The van der Waals surface area contributed by atoms with Gasteiger partial charge < -0.3 is 19.7 Å². The monoisotopic (exact) mass is 357 g/mol. The number of hydrogen-bond acceptors (Lipinski definition) is 7. The lowest BCUT2D eigenvalue weighted by molar-refractivity contribution is -0.388. The lowest BCUT2D eigenvalue weighted by atomic mass is 9.87. The van der Waals surface area contributed by atoms with Crippen molar-refractivity contribution in [1.82, 2.24) is 0 Å². The van der Waals surface area contributed by atoms with Crippen LogP contribution in [0.2, 0.25) is 0 Å². The van der Waals surface area contributed by atoms with Gasteiger partial charge in [-0.25, -0.2) is 0 Å². The minimum atomic E-state index is -2.58. The molecule has 2 unspecified atom stereocenters. The predicted molar refractivity (Wildman–Crippen MR) is 88.1 cm³/mol.